The van der Waals surface area contributed by atoms with Gasteiger partial charge in [-0.2, -0.15) is 4.31 Å². The Labute approximate surface area is 188 Å². The number of fused-ring (bicyclic) bond motifs is 1. The number of rotatable bonds is 4. The van der Waals surface area contributed by atoms with Gasteiger partial charge in [0.2, 0.25) is 10.0 Å². The number of nitrogens with zero attached hydrogens (tertiary/aromatic N) is 3. The van der Waals surface area contributed by atoms with Gasteiger partial charge in [0.25, 0.3) is 11.8 Å². The quantitative estimate of drug-likeness (QED) is 0.677. The van der Waals surface area contributed by atoms with E-state index in [0.717, 1.165) is 0 Å². The minimum atomic E-state index is -3.78. The van der Waals surface area contributed by atoms with Gasteiger partial charge in [-0.25, -0.2) is 8.42 Å². The maximum atomic E-state index is 13.1. The molecule has 1 fully saturated rings. The summed E-state index contributed by atoms with van der Waals surface area (Å²) in [6.45, 7) is 2.73. The second-order valence-corrected chi connectivity index (χ2v) is 10.1. The number of halogens is 1. The van der Waals surface area contributed by atoms with Crippen LogP contribution in [0.5, 0.6) is 5.75 Å². The number of hydrogen-bond acceptors (Lipinski definition) is 6. The number of benzene rings is 1. The van der Waals surface area contributed by atoms with Crippen molar-refractivity contribution < 1.29 is 22.7 Å². The first-order valence-electron chi connectivity index (χ1n) is 9.81. The average Bonchev–Trinajstić information content (AvgIpc) is 2.77. The van der Waals surface area contributed by atoms with Gasteiger partial charge in [0.15, 0.2) is 6.10 Å². The second kappa shape index (κ2) is 8.56. The zero-order chi connectivity index (χ0) is 22.2. The highest BCUT2D eigenvalue weighted by Crippen LogP contribution is 2.33. The Balaban J connectivity index is 1.47. The Morgan fingerprint density at radius 3 is 2.65 bits per heavy atom. The molecule has 0 saturated carbocycles. The fourth-order valence-electron chi connectivity index (χ4n) is 3.55. The predicted molar refractivity (Wildman–Crippen MR) is 116 cm³/mol. The average molecular weight is 509 g/mol. The van der Waals surface area contributed by atoms with Crippen LogP contribution in [0.3, 0.4) is 0 Å². The van der Waals surface area contributed by atoms with Crippen molar-refractivity contribution in [3.05, 3.63) is 46.7 Å². The highest BCUT2D eigenvalue weighted by atomic mass is 79.9. The van der Waals surface area contributed by atoms with E-state index in [0.29, 0.717) is 27.9 Å². The molecule has 1 N–H and O–H groups in total. The number of piperazine rings is 1. The van der Waals surface area contributed by atoms with Gasteiger partial charge in [-0.1, -0.05) is 6.92 Å². The molecule has 0 unspecified atom stereocenters. The number of aromatic nitrogens is 1. The molecule has 1 aromatic carbocycles. The van der Waals surface area contributed by atoms with Crippen molar-refractivity contribution >= 4 is 43.5 Å². The third-order valence-electron chi connectivity index (χ3n) is 5.26. The van der Waals surface area contributed by atoms with E-state index < -0.39 is 16.1 Å². The van der Waals surface area contributed by atoms with Crippen molar-refractivity contribution in [1.29, 1.82) is 0 Å². The Morgan fingerprint density at radius 2 is 1.97 bits per heavy atom. The van der Waals surface area contributed by atoms with Crippen LogP contribution < -0.4 is 10.1 Å². The topological polar surface area (TPSA) is 109 Å². The lowest BCUT2D eigenvalue weighted by Crippen LogP contribution is -2.50. The largest absolute Gasteiger partial charge is 0.478 e. The fourth-order valence-corrected chi connectivity index (χ4v) is 5.36. The Morgan fingerprint density at radius 1 is 1.23 bits per heavy atom. The summed E-state index contributed by atoms with van der Waals surface area (Å²) >= 11 is 3.30. The van der Waals surface area contributed by atoms with Gasteiger partial charge in [-0.15, -0.1) is 0 Å². The summed E-state index contributed by atoms with van der Waals surface area (Å²) < 4.78 is 33.9. The van der Waals surface area contributed by atoms with Crippen molar-refractivity contribution in [3.63, 3.8) is 0 Å². The smallest absolute Gasteiger partial charge is 0.265 e. The molecule has 0 spiro atoms. The van der Waals surface area contributed by atoms with Crippen molar-refractivity contribution in [1.82, 2.24) is 14.2 Å². The zero-order valence-electron chi connectivity index (χ0n) is 16.7. The Bertz CT molecular complexity index is 1130. The molecule has 2 aliphatic heterocycles. The molecule has 0 radical (unpaired) electrons. The van der Waals surface area contributed by atoms with Gasteiger partial charge >= 0.3 is 0 Å². The number of sulfonamides is 1. The summed E-state index contributed by atoms with van der Waals surface area (Å²) in [5, 5.41) is 2.71. The van der Waals surface area contributed by atoms with Gasteiger partial charge in [-0.3, -0.25) is 14.6 Å². The number of carbonyl (C=O) groups excluding carboxylic acids is 2. The molecular weight excluding hydrogens is 488 g/mol. The lowest BCUT2D eigenvalue weighted by molar-refractivity contribution is -0.123. The fraction of sp³-hybridized carbons (Fsp3) is 0.350. The van der Waals surface area contributed by atoms with Crippen molar-refractivity contribution in [2.75, 3.05) is 31.5 Å². The van der Waals surface area contributed by atoms with Crippen LogP contribution in [0.1, 0.15) is 23.7 Å². The van der Waals surface area contributed by atoms with Gasteiger partial charge in [0, 0.05) is 43.0 Å². The molecule has 164 valence electrons. The van der Waals surface area contributed by atoms with E-state index in [1.807, 2.05) is 6.92 Å². The third-order valence-corrected chi connectivity index (χ3v) is 7.59. The molecule has 1 aromatic heterocycles. The summed E-state index contributed by atoms with van der Waals surface area (Å²) in [5.74, 6) is -0.0351. The lowest BCUT2D eigenvalue weighted by Gasteiger charge is -2.34. The number of hydrogen-bond donors (Lipinski definition) is 1. The van der Waals surface area contributed by atoms with E-state index >= 15 is 0 Å². The first kappa shape index (κ1) is 21.7. The molecule has 9 nitrogen and oxygen atoms in total. The van der Waals surface area contributed by atoms with Gasteiger partial charge in [0.1, 0.15) is 5.75 Å². The van der Waals surface area contributed by atoms with E-state index in [4.69, 9.17) is 4.74 Å². The molecule has 0 bridgehead atoms. The minimum absolute atomic E-state index is 0.0704. The minimum Gasteiger partial charge on any atom is -0.478 e. The van der Waals surface area contributed by atoms with Crippen LogP contribution in [0.15, 0.2) is 46.0 Å². The lowest BCUT2D eigenvalue weighted by atomic mass is 10.2. The summed E-state index contributed by atoms with van der Waals surface area (Å²) in [4.78, 5) is 30.4. The van der Waals surface area contributed by atoms with Gasteiger partial charge in [-0.05, 0) is 46.6 Å². The van der Waals surface area contributed by atoms with Crippen LogP contribution in [0.2, 0.25) is 0 Å². The molecule has 4 rings (SSSR count). The molecule has 1 atom stereocenters. The number of anilines is 1. The monoisotopic (exact) mass is 508 g/mol. The van der Waals surface area contributed by atoms with Crippen LogP contribution in [0.4, 0.5) is 5.69 Å². The number of ether oxygens (including phenoxy) is 1. The van der Waals surface area contributed by atoms with E-state index in [2.05, 4.69) is 26.2 Å². The maximum absolute atomic E-state index is 13.1. The number of amides is 2. The highest BCUT2D eigenvalue weighted by molar-refractivity contribution is 9.10. The molecule has 11 heteroatoms. The highest BCUT2D eigenvalue weighted by Gasteiger charge is 2.32. The number of nitrogens with one attached hydrogen (secondary N) is 1. The molecule has 2 aromatic rings. The SMILES string of the molecule is CC[C@H]1Oc2ccc(S(=O)(=O)N3CCN(C(=O)c4cncc(Br)c4)CC3)cc2NC1=O. The van der Waals surface area contributed by atoms with Gasteiger partial charge in [0.05, 0.1) is 16.1 Å². The van der Waals surface area contributed by atoms with E-state index in [-0.39, 0.29) is 42.9 Å². The number of pyridine rings is 1. The molecule has 31 heavy (non-hydrogen) atoms. The van der Waals surface area contributed by atoms with Crippen molar-refractivity contribution in [3.8, 4) is 5.75 Å². The Hall–Kier alpha value is -2.50. The summed E-state index contributed by atoms with van der Waals surface area (Å²) in [5.41, 5.74) is 0.785. The van der Waals surface area contributed by atoms with E-state index in [9.17, 15) is 18.0 Å². The van der Waals surface area contributed by atoms with Crippen molar-refractivity contribution in [2.24, 2.45) is 0 Å². The van der Waals surface area contributed by atoms with Crippen molar-refractivity contribution in [2.45, 2.75) is 24.3 Å². The standard InChI is InChI=1S/C20H21BrN4O5S/c1-2-17-19(26)23-16-10-15(3-4-18(16)30-17)31(28,29)25-7-5-24(6-8-25)20(27)13-9-14(21)12-22-11-13/h3-4,9-12,17H,2,5-8H2,1H3,(H,23,26)/t17-/m1/s1. The summed E-state index contributed by atoms with van der Waals surface area (Å²) in [6.07, 6.45) is 3.02. The van der Waals surface area contributed by atoms with Crippen LogP contribution in [0.25, 0.3) is 0 Å². The van der Waals surface area contributed by atoms with Gasteiger partial charge < -0.3 is 15.0 Å². The van der Waals surface area contributed by atoms with Crippen LogP contribution in [0, 0.1) is 0 Å². The van der Waals surface area contributed by atoms with E-state index in [1.54, 1.807) is 23.2 Å². The molecule has 2 amide bonds. The first-order chi connectivity index (χ1) is 14.8. The van der Waals surface area contributed by atoms with E-state index in [1.165, 1.54) is 22.6 Å². The van der Waals surface area contributed by atoms with Crippen LogP contribution in [-0.4, -0.2) is 66.7 Å². The van der Waals surface area contributed by atoms with Crippen LogP contribution >= 0.6 is 15.9 Å². The third kappa shape index (κ3) is 4.30. The Kier molecular flexibility index (Phi) is 6.00. The normalized spacial score (nSPS) is 19.4. The molecular formula is C20H21BrN4O5S. The second-order valence-electron chi connectivity index (χ2n) is 7.25. The molecule has 0 aliphatic carbocycles. The van der Waals surface area contributed by atoms with Crippen LogP contribution in [-0.2, 0) is 14.8 Å². The molecule has 1 saturated heterocycles. The maximum Gasteiger partial charge on any atom is 0.265 e. The zero-order valence-corrected chi connectivity index (χ0v) is 19.1. The first-order valence-corrected chi connectivity index (χ1v) is 12.0. The summed E-state index contributed by atoms with van der Waals surface area (Å²) in [7, 11) is -3.78. The molecule has 2 aliphatic rings. The summed E-state index contributed by atoms with van der Waals surface area (Å²) in [6, 6.07) is 6.14. The molecule has 3 heterocycles. The number of carbonyl (C=O) groups is 2. The predicted octanol–water partition coefficient (Wildman–Crippen LogP) is 2.10.